The molecule has 0 aromatic heterocycles. The van der Waals surface area contributed by atoms with Crippen LogP contribution in [0.15, 0.2) is 24.3 Å². The molecule has 0 fully saturated rings. The van der Waals surface area contributed by atoms with Gasteiger partial charge in [0.15, 0.2) is 0 Å². The Morgan fingerprint density at radius 3 is 2.22 bits per heavy atom. The summed E-state index contributed by atoms with van der Waals surface area (Å²) in [5.74, 6) is 2.51. The Kier molecular flexibility index (Phi) is 4.90. The summed E-state index contributed by atoms with van der Waals surface area (Å²) < 4.78 is 0. The third kappa shape index (κ3) is 2.91. The molecule has 49 valence electrons. The van der Waals surface area contributed by atoms with Gasteiger partial charge in [0.2, 0.25) is 0 Å². The Morgan fingerprint density at radius 2 is 1.89 bits per heavy atom. The van der Waals surface area contributed by atoms with Crippen molar-refractivity contribution in [2.75, 3.05) is 0 Å². The van der Waals surface area contributed by atoms with E-state index >= 15 is 0 Å². The molecule has 0 saturated heterocycles. The Bertz CT molecular complexity index is 196. The zero-order valence-electron chi connectivity index (χ0n) is 4.69. The van der Waals surface area contributed by atoms with Gasteiger partial charge in [-0.05, 0) is 0 Å². The van der Waals surface area contributed by atoms with Crippen LogP contribution in [0.4, 0.5) is 0 Å². The molecule has 0 nitrogen and oxygen atoms in total. The number of rotatable bonds is 0. The quantitative estimate of drug-likeness (QED) is 0.379. The van der Waals surface area contributed by atoms with Crippen molar-refractivity contribution in [1.82, 2.24) is 0 Å². The average molecular weight is 266 g/mol. The maximum atomic E-state index is 5.09. The molecule has 0 aliphatic carbocycles. The zero-order valence-corrected chi connectivity index (χ0v) is 6.62. The van der Waals surface area contributed by atoms with Crippen molar-refractivity contribution in [3.8, 4) is 12.3 Å². The van der Waals surface area contributed by atoms with Crippen LogP contribution in [0.3, 0.4) is 0 Å². The van der Waals surface area contributed by atoms with Crippen molar-refractivity contribution in [3.05, 3.63) is 35.9 Å². The molecule has 0 heterocycles. The van der Waals surface area contributed by atoms with Crippen LogP contribution in [0, 0.1) is 56.1 Å². The second-order valence-electron chi connectivity index (χ2n) is 1.43. The smallest absolute Gasteiger partial charge is 0 e. The van der Waals surface area contributed by atoms with E-state index in [2.05, 4.69) is 12.0 Å². The maximum Gasteiger partial charge on any atom is 0 e. The number of hydrogen-bond acceptors (Lipinski definition) is 0. The van der Waals surface area contributed by atoms with Gasteiger partial charge in [-0.1, -0.05) is 11.5 Å². The fourth-order valence-corrected chi connectivity index (χ4v) is 0.483. The van der Waals surface area contributed by atoms with Gasteiger partial charge in [-0.2, -0.15) is 30.3 Å². The van der Waals surface area contributed by atoms with Crippen LogP contribution in [0.2, 0.25) is 0 Å². The average Bonchev–Trinajstić information content (AvgIpc) is 1.90. The SMILES string of the molecule is C#Cc1cc[c-]cc1.[Ho]. The van der Waals surface area contributed by atoms with Crippen LogP contribution in [0.1, 0.15) is 5.56 Å². The first kappa shape index (κ1) is 9.04. The summed E-state index contributed by atoms with van der Waals surface area (Å²) in [4.78, 5) is 0. The molecular formula is C8H5Ho-. The minimum Gasteiger partial charge on any atom is -0.184 e. The Hall–Kier alpha value is 0.0397. The van der Waals surface area contributed by atoms with Crippen molar-refractivity contribution >= 4 is 0 Å². The number of benzene rings is 1. The van der Waals surface area contributed by atoms with Crippen molar-refractivity contribution in [1.29, 1.82) is 0 Å². The van der Waals surface area contributed by atoms with Gasteiger partial charge in [0.25, 0.3) is 0 Å². The van der Waals surface area contributed by atoms with Gasteiger partial charge in [0.05, 0.1) is 0 Å². The monoisotopic (exact) mass is 266 g/mol. The molecule has 1 rings (SSSR count). The predicted octanol–water partition coefficient (Wildman–Crippen LogP) is 1.47. The van der Waals surface area contributed by atoms with E-state index in [0.717, 1.165) is 5.56 Å². The van der Waals surface area contributed by atoms with Crippen LogP contribution in [-0.4, -0.2) is 0 Å². The van der Waals surface area contributed by atoms with Crippen LogP contribution in [0.25, 0.3) is 0 Å². The standard InChI is InChI=1S/C8H5.Ho/c1-2-8-6-4-3-5-7-8;/h1,4-7H;/q-1;. The van der Waals surface area contributed by atoms with Gasteiger partial charge < -0.3 is 0 Å². The molecule has 0 aliphatic heterocycles. The summed E-state index contributed by atoms with van der Waals surface area (Å²) in [5, 5.41) is 0. The molecule has 0 aliphatic rings. The normalized spacial score (nSPS) is 7.00. The van der Waals surface area contributed by atoms with E-state index in [4.69, 9.17) is 6.42 Å². The van der Waals surface area contributed by atoms with E-state index in [9.17, 15) is 0 Å². The summed E-state index contributed by atoms with van der Waals surface area (Å²) in [6.07, 6.45) is 5.09. The first-order chi connectivity index (χ1) is 3.93. The summed E-state index contributed by atoms with van der Waals surface area (Å²) >= 11 is 0. The maximum absolute atomic E-state index is 5.09. The first-order valence-electron chi connectivity index (χ1n) is 2.36. The molecule has 0 saturated carbocycles. The van der Waals surface area contributed by atoms with Gasteiger partial charge in [0.1, 0.15) is 0 Å². The molecule has 0 amide bonds. The largest absolute Gasteiger partial charge is 0.184 e. The third-order valence-corrected chi connectivity index (χ3v) is 0.885. The first-order valence-corrected chi connectivity index (χ1v) is 2.36. The van der Waals surface area contributed by atoms with E-state index in [1.165, 1.54) is 0 Å². The summed E-state index contributed by atoms with van der Waals surface area (Å²) in [5.41, 5.74) is 0.906. The predicted molar refractivity (Wildman–Crippen MR) is 33.2 cm³/mol. The summed E-state index contributed by atoms with van der Waals surface area (Å²) in [7, 11) is 0. The van der Waals surface area contributed by atoms with Crippen LogP contribution in [0.5, 0.6) is 0 Å². The molecule has 1 heteroatoms. The zero-order chi connectivity index (χ0) is 5.82. The van der Waals surface area contributed by atoms with E-state index in [1.807, 2.05) is 12.1 Å². The van der Waals surface area contributed by atoms with Gasteiger partial charge in [-0.3, -0.25) is 0 Å². The van der Waals surface area contributed by atoms with Gasteiger partial charge in [-0.25, -0.2) is 0 Å². The Morgan fingerprint density at radius 1 is 1.33 bits per heavy atom. The van der Waals surface area contributed by atoms with Gasteiger partial charge in [0, 0.05) is 37.7 Å². The van der Waals surface area contributed by atoms with Crippen molar-refractivity contribution in [3.63, 3.8) is 0 Å². The molecule has 1 radical (unpaired) electrons. The molecule has 0 atom stereocenters. The molecular weight excluding hydrogens is 261 g/mol. The minimum atomic E-state index is 0. The Labute approximate surface area is 85.3 Å². The van der Waals surface area contributed by atoms with Crippen molar-refractivity contribution in [2.24, 2.45) is 0 Å². The van der Waals surface area contributed by atoms with Crippen LogP contribution in [-0.2, 0) is 0 Å². The molecule has 0 unspecified atom stereocenters. The van der Waals surface area contributed by atoms with Crippen molar-refractivity contribution < 1.29 is 37.7 Å². The summed E-state index contributed by atoms with van der Waals surface area (Å²) in [6.45, 7) is 0. The minimum absolute atomic E-state index is 0. The summed E-state index contributed by atoms with van der Waals surface area (Å²) in [6, 6.07) is 10.2. The Balaban J connectivity index is 0.000000640. The van der Waals surface area contributed by atoms with Crippen molar-refractivity contribution in [2.45, 2.75) is 0 Å². The van der Waals surface area contributed by atoms with E-state index < -0.39 is 0 Å². The molecule has 9 heavy (non-hydrogen) atoms. The third-order valence-electron chi connectivity index (χ3n) is 0.885. The van der Waals surface area contributed by atoms with Gasteiger partial charge in [-0.15, -0.1) is 6.42 Å². The molecule has 0 N–H and O–H groups in total. The van der Waals surface area contributed by atoms with Crippen LogP contribution >= 0.6 is 0 Å². The molecule has 0 bridgehead atoms. The fraction of sp³-hybridized carbons (Fsp3) is 0. The van der Waals surface area contributed by atoms with E-state index in [1.54, 1.807) is 12.1 Å². The fourth-order valence-electron chi connectivity index (χ4n) is 0.483. The number of hydrogen-bond donors (Lipinski definition) is 0. The number of terminal acetylenes is 1. The second-order valence-corrected chi connectivity index (χ2v) is 1.43. The molecule has 1 aromatic carbocycles. The topological polar surface area (TPSA) is 0 Å². The van der Waals surface area contributed by atoms with Gasteiger partial charge >= 0.3 is 0 Å². The molecule has 0 spiro atoms. The van der Waals surface area contributed by atoms with E-state index in [-0.39, 0.29) is 37.7 Å². The second kappa shape index (κ2) is 4.88. The molecule has 1 aromatic rings. The van der Waals surface area contributed by atoms with E-state index in [0.29, 0.717) is 0 Å². The van der Waals surface area contributed by atoms with Crippen LogP contribution < -0.4 is 0 Å².